The molecule has 0 aliphatic carbocycles. The number of nitrogens with one attached hydrogen (secondary N) is 1. The molecule has 5 heteroatoms. The molecule has 0 aromatic heterocycles. The molecular formula is C20H29N3O2. The van der Waals surface area contributed by atoms with Crippen molar-refractivity contribution in [3.8, 4) is 0 Å². The number of amides is 2. The summed E-state index contributed by atoms with van der Waals surface area (Å²) in [6.45, 7) is 7.69. The summed E-state index contributed by atoms with van der Waals surface area (Å²) in [4.78, 5) is 29.3. The molecule has 2 amide bonds. The Morgan fingerprint density at radius 2 is 1.80 bits per heavy atom. The van der Waals surface area contributed by atoms with E-state index in [2.05, 4.69) is 25.2 Å². The Bertz CT molecular complexity index is 630. The van der Waals surface area contributed by atoms with Crippen LogP contribution < -0.4 is 5.32 Å². The summed E-state index contributed by atoms with van der Waals surface area (Å²) in [5.74, 6) is 0.310. The smallest absolute Gasteiger partial charge is 0.254 e. The largest absolute Gasteiger partial charge is 0.338 e. The van der Waals surface area contributed by atoms with E-state index in [1.165, 1.54) is 11.1 Å². The molecule has 0 radical (unpaired) electrons. The van der Waals surface area contributed by atoms with Crippen LogP contribution in [0.4, 0.5) is 0 Å². The van der Waals surface area contributed by atoms with Gasteiger partial charge in [-0.2, -0.15) is 0 Å². The van der Waals surface area contributed by atoms with Gasteiger partial charge in [-0.3, -0.25) is 9.59 Å². The fourth-order valence-corrected chi connectivity index (χ4v) is 4.00. The van der Waals surface area contributed by atoms with E-state index in [0.717, 1.165) is 37.8 Å². The average molecular weight is 343 g/mol. The van der Waals surface area contributed by atoms with Gasteiger partial charge in [-0.25, -0.2) is 0 Å². The third kappa shape index (κ3) is 3.71. The van der Waals surface area contributed by atoms with Gasteiger partial charge in [-0.05, 0) is 49.4 Å². The lowest BCUT2D eigenvalue weighted by atomic mass is 9.96. The molecule has 2 aliphatic heterocycles. The number of hydrogen-bond acceptors (Lipinski definition) is 3. The minimum Gasteiger partial charge on any atom is -0.338 e. The van der Waals surface area contributed by atoms with Crippen LogP contribution in [-0.2, 0) is 17.6 Å². The molecule has 2 heterocycles. The van der Waals surface area contributed by atoms with E-state index in [9.17, 15) is 9.59 Å². The van der Waals surface area contributed by atoms with Crippen molar-refractivity contribution in [3.63, 3.8) is 0 Å². The average Bonchev–Trinajstić information content (AvgIpc) is 3.21. The summed E-state index contributed by atoms with van der Waals surface area (Å²) in [6, 6.07) is 6.02. The van der Waals surface area contributed by atoms with Gasteiger partial charge in [0.25, 0.3) is 5.91 Å². The number of benzene rings is 1. The number of rotatable bonds is 4. The van der Waals surface area contributed by atoms with Crippen LogP contribution in [0.15, 0.2) is 18.2 Å². The zero-order chi connectivity index (χ0) is 17.8. The maximum atomic E-state index is 13.0. The van der Waals surface area contributed by atoms with E-state index in [4.69, 9.17) is 0 Å². The molecule has 1 aromatic rings. The predicted molar refractivity (Wildman–Crippen MR) is 98.7 cm³/mol. The first kappa shape index (κ1) is 17.9. The summed E-state index contributed by atoms with van der Waals surface area (Å²) in [7, 11) is 0. The third-order valence-electron chi connectivity index (χ3n) is 5.47. The van der Waals surface area contributed by atoms with Crippen LogP contribution in [0.25, 0.3) is 0 Å². The molecule has 0 spiro atoms. The van der Waals surface area contributed by atoms with Crippen molar-refractivity contribution in [3.05, 3.63) is 34.9 Å². The molecule has 2 aliphatic rings. The van der Waals surface area contributed by atoms with E-state index in [-0.39, 0.29) is 17.9 Å². The summed E-state index contributed by atoms with van der Waals surface area (Å²) in [5.41, 5.74) is 3.26. The molecule has 1 N–H and O–H groups in total. The molecule has 2 fully saturated rings. The number of piperazine rings is 1. The highest BCUT2D eigenvalue weighted by atomic mass is 16.2. The summed E-state index contributed by atoms with van der Waals surface area (Å²) >= 11 is 0. The first-order chi connectivity index (χ1) is 12.2. The minimum atomic E-state index is -0.0184. The van der Waals surface area contributed by atoms with Gasteiger partial charge >= 0.3 is 0 Å². The maximum absolute atomic E-state index is 13.0. The second-order valence-corrected chi connectivity index (χ2v) is 6.92. The fourth-order valence-electron chi connectivity index (χ4n) is 4.00. The van der Waals surface area contributed by atoms with E-state index in [1.807, 2.05) is 21.9 Å². The van der Waals surface area contributed by atoms with E-state index >= 15 is 0 Å². The highest BCUT2D eigenvalue weighted by molar-refractivity contribution is 5.96. The summed E-state index contributed by atoms with van der Waals surface area (Å²) in [5, 5.41) is 3.27. The molecule has 1 unspecified atom stereocenters. The van der Waals surface area contributed by atoms with Gasteiger partial charge in [0.15, 0.2) is 0 Å². The molecule has 5 nitrogen and oxygen atoms in total. The molecule has 136 valence electrons. The quantitative estimate of drug-likeness (QED) is 0.908. The molecule has 25 heavy (non-hydrogen) atoms. The van der Waals surface area contributed by atoms with Crippen molar-refractivity contribution < 1.29 is 9.59 Å². The normalized spacial score (nSPS) is 20.8. The van der Waals surface area contributed by atoms with E-state index < -0.39 is 0 Å². The van der Waals surface area contributed by atoms with Gasteiger partial charge in [0.1, 0.15) is 0 Å². The van der Waals surface area contributed by atoms with Crippen molar-refractivity contribution in [2.45, 2.75) is 45.6 Å². The topological polar surface area (TPSA) is 52.7 Å². The zero-order valence-electron chi connectivity index (χ0n) is 15.4. The molecule has 1 atom stereocenters. The Morgan fingerprint density at radius 1 is 1.08 bits per heavy atom. The summed E-state index contributed by atoms with van der Waals surface area (Å²) < 4.78 is 0. The molecule has 0 saturated carbocycles. The van der Waals surface area contributed by atoms with Crippen LogP contribution >= 0.6 is 0 Å². The van der Waals surface area contributed by atoms with E-state index in [1.54, 1.807) is 0 Å². The van der Waals surface area contributed by atoms with Gasteiger partial charge in [0, 0.05) is 31.7 Å². The second kappa shape index (κ2) is 8.00. The Morgan fingerprint density at radius 3 is 2.40 bits per heavy atom. The third-order valence-corrected chi connectivity index (χ3v) is 5.47. The van der Waals surface area contributed by atoms with Crippen molar-refractivity contribution in [1.29, 1.82) is 0 Å². The lowest BCUT2D eigenvalue weighted by molar-refractivity contribution is -0.134. The monoisotopic (exact) mass is 343 g/mol. The first-order valence-corrected chi connectivity index (χ1v) is 9.57. The standard InChI is InChI=1S/C20H29N3O2/c1-3-15-7-5-8-17(16(15)4-2)19(24)22-11-13-23(14-12-22)20(25)18-9-6-10-21-18/h5,7-8,18,21H,3-4,6,9-14H2,1-2H3. The van der Waals surface area contributed by atoms with E-state index in [0.29, 0.717) is 26.2 Å². The lowest BCUT2D eigenvalue weighted by Gasteiger charge is -2.36. The molecule has 0 bridgehead atoms. The minimum absolute atomic E-state index is 0.0184. The molecule has 3 rings (SSSR count). The SMILES string of the molecule is CCc1cccc(C(=O)N2CCN(C(=O)C3CCCN3)CC2)c1CC. The second-order valence-electron chi connectivity index (χ2n) is 6.92. The highest BCUT2D eigenvalue weighted by Gasteiger charge is 2.31. The van der Waals surface area contributed by atoms with Gasteiger partial charge in [-0.15, -0.1) is 0 Å². The molecular weight excluding hydrogens is 314 g/mol. The highest BCUT2D eigenvalue weighted by Crippen LogP contribution is 2.20. The van der Waals surface area contributed by atoms with Crippen LogP contribution in [0.3, 0.4) is 0 Å². The number of nitrogens with zero attached hydrogens (tertiary/aromatic N) is 2. The maximum Gasteiger partial charge on any atom is 0.254 e. The van der Waals surface area contributed by atoms with Gasteiger partial charge in [0.05, 0.1) is 6.04 Å². The van der Waals surface area contributed by atoms with Crippen molar-refractivity contribution >= 4 is 11.8 Å². The van der Waals surface area contributed by atoms with Crippen LogP contribution in [0.5, 0.6) is 0 Å². The Kier molecular flexibility index (Phi) is 5.74. The number of aryl methyl sites for hydroxylation is 1. The number of carbonyl (C=O) groups is 2. The van der Waals surface area contributed by atoms with Gasteiger partial charge in [0.2, 0.25) is 5.91 Å². The van der Waals surface area contributed by atoms with Crippen molar-refractivity contribution in [2.75, 3.05) is 32.7 Å². The predicted octanol–water partition coefficient (Wildman–Crippen LogP) is 1.85. The van der Waals surface area contributed by atoms with Crippen LogP contribution in [0, 0.1) is 0 Å². The van der Waals surface area contributed by atoms with Crippen LogP contribution in [0.2, 0.25) is 0 Å². The Balaban J connectivity index is 1.65. The zero-order valence-corrected chi connectivity index (χ0v) is 15.4. The summed E-state index contributed by atoms with van der Waals surface area (Å²) in [6.07, 6.45) is 3.82. The Hall–Kier alpha value is -1.88. The van der Waals surface area contributed by atoms with Gasteiger partial charge in [-0.1, -0.05) is 26.0 Å². The Labute approximate surface area is 150 Å². The lowest BCUT2D eigenvalue weighted by Crippen LogP contribution is -2.54. The van der Waals surface area contributed by atoms with Crippen LogP contribution in [0.1, 0.15) is 48.2 Å². The van der Waals surface area contributed by atoms with Crippen LogP contribution in [-0.4, -0.2) is 60.4 Å². The molecule has 2 saturated heterocycles. The molecule has 1 aromatic carbocycles. The van der Waals surface area contributed by atoms with Gasteiger partial charge < -0.3 is 15.1 Å². The number of hydrogen-bond donors (Lipinski definition) is 1. The number of carbonyl (C=O) groups excluding carboxylic acids is 2. The van der Waals surface area contributed by atoms with Crippen molar-refractivity contribution in [2.24, 2.45) is 0 Å². The fraction of sp³-hybridized carbons (Fsp3) is 0.600. The first-order valence-electron chi connectivity index (χ1n) is 9.57. The van der Waals surface area contributed by atoms with Crippen molar-refractivity contribution in [1.82, 2.24) is 15.1 Å².